The molecule has 2 nitrogen and oxygen atoms in total. The molecule has 0 aliphatic carbocycles. The van der Waals surface area contributed by atoms with Crippen molar-refractivity contribution in [2.24, 2.45) is 11.8 Å². The number of hydroxylamine groups is 1. The molecule has 0 rings (SSSR count). The summed E-state index contributed by atoms with van der Waals surface area (Å²) in [5, 5.41) is 11.3. The third-order valence-corrected chi connectivity index (χ3v) is 4.70. The minimum absolute atomic E-state index is 0.298. The molecule has 0 aromatic rings. The SMILES string of the molecule is CCCCCCC(C)CC(CC(C)CCCCCC)[NH2+][O-]. The van der Waals surface area contributed by atoms with E-state index in [0.717, 1.165) is 12.8 Å². The largest absolute Gasteiger partial charge is 0.636 e. The van der Waals surface area contributed by atoms with Crippen LogP contribution in [0.2, 0.25) is 0 Å². The minimum Gasteiger partial charge on any atom is -0.636 e. The van der Waals surface area contributed by atoms with Crippen LogP contribution >= 0.6 is 0 Å². The Kier molecular flexibility index (Phi) is 14.8. The molecule has 0 bridgehead atoms. The lowest BCUT2D eigenvalue weighted by molar-refractivity contribution is -0.631. The molecule has 21 heavy (non-hydrogen) atoms. The summed E-state index contributed by atoms with van der Waals surface area (Å²) in [4.78, 5) is 0. The van der Waals surface area contributed by atoms with Gasteiger partial charge in [0.1, 0.15) is 0 Å². The molecule has 2 N–H and O–H groups in total. The summed E-state index contributed by atoms with van der Waals surface area (Å²) in [6.45, 7) is 9.17. The lowest BCUT2D eigenvalue weighted by Gasteiger charge is -2.24. The van der Waals surface area contributed by atoms with Crippen molar-refractivity contribution in [1.82, 2.24) is 0 Å². The van der Waals surface area contributed by atoms with Crippen molar-refractivity contribution in [2.75, 3.05) is 0 Å². The number of hydrogen-bond donors (Lipinski definition) is 1. The fourth-order valence-electron chi connectivity index (χ4n) is 3.32. The molecular formula is C19H41NO. The van der Waals surface area contributed by atoms with Crippen molar-refractivity contribution in [3.8, 4) is 0 Å². The Morgan fingerprint density at radius 2 is 1.14 bits per heavy atom. The van der Waals surface area contributed by atoms with Gasteiger partial charge in [0.2, 0.25) is 0 Å². The van der Waals surface area contributed by atoms with Gasteiger partial charge in [-0.1, -0.05) is 91.9 Å². The first-order valence-electron chi connectivity index (χ1n) is 9.59. The van der Waals surface area contributed by atoms with Crippen molar-refractivity contribution in [3.63, 3.8) is 0 Å². The van der Waals surface area contributed by atoms with Crippen LogP contribution in [0, 0.1) is 17.0 Å². The quantitative estimate of drug-likeness (QED) is 0.319. The average molecular weight is 300 g/mol. The molecule has 0 aromatic carbocycles. The van der Waals surface area contributed by atoms with Gasteiger partial charge in [-0.2, -0.15) is 0 Å². The standard InChI is InChI=1S/C19H41NO/c1-5-7-9-11-13-17(3)15-19(20-21)16-18(4)14-12-10-8-6-2/h17-19H,5-16,20H2,1-4H3. The van der Waals surface area contributed by atoms with Crippen LogP contribution in [-0.4, -0.2) is 6.04 Å². The predicted molar refractivity (Wildman–Crippen MR) is 94.2 cm³/mol. The molecule has 0 fully saturated rings. The molecule has 0 saturated carbocycles. The number of quaternary nitrogens is 1. The topological polar surface area (TPSA) is 39.7 Å². The predicted octanol–water partition coefficient (Wildman–Crippen LogP) is 5.41. The van der Waals surface area contributed by atoms with Crippen LogP contribution < -0.4 is 5.48 Å². The maximum atomic E-state index is 11.3. The van der Waals surface area contributed by atoms with Gasteiger partial charge in [0.25, 0.3) is 0 Å². The summed E-state index contributed by atoms with van der Waals surface area (Å²) in [6.07, 6.45) is 15.6. The van der Waals surface area contributed by atoms with Crippen molar-refractivity contribution >= 4 is 0 Å². The van der Waals surface area contributed by atoms with Gasteiger partial charge in [0, 0.05) is 12.8 Å². The lowest BCUT2D eigenvalue weighted by atomic mass is 9.89. The number of unbranched alkanes of at least 4 members (excludes halogenated alkanes) is 6. The third-order valence-electron chi connectivity index (χ3n) is 4.70. The molecule has 0 aliphatic rings. The van der Waals surface area contributed by atoms with Crippen molar-refractivity contribution < 1.29 is 5.48 Å². The molecule has 0 heterocycles. The molecule has 128 valence electrons. The van der Waals surface area contributed by atoms with E-state index >= 15 is 0 Å². The van der Waals surface area contributed by atoms with Gasteiger partial charge < -0.3 is 10.7 Å². The van der Waals surface area contributed by atoms with Crippen LogP contribution in [0.3, 0.4) is 0 Å². The highest BCUT2D eigenvalue weighted by Crippen LogP contribution is 2.20. The van der Waals surface area contributed by atoms with E-state index in [0.29, 0.717) is 17.9 Å². The molecule has 0 radical (unpaired) electrons. The monoisotopic (exact) mass is 299 g/mol. The second-order valence-electron chi connectivity index (χ2n) is 7.28. The molecule has 2 unspecified atom stereocenters. The van der Waals surface area contributed by atoms with Crippen molar-refractivity contribution in [1.29, 1.82) is 0 Å². The summed E-state index contributed by atoms with van der Waals surface area (Å²) in [7, 11) is 0. The van der Waals surface area contributed by atoms with Gasteiger partial charge in [0.05, 0.1) is 6.04 Å². The van der Waals surface area contributed by atoms with Crippen LogP contribution in [-0.2, 0) is 0 Å². The number of hydrogen-bond acceptors (Lipinski definition) is 1. The first-order valence-corrected chi connectivity index (χ1v) is 9.59. The normalized spacial score (nSPS) is 15.9. The highest BCUT2D eigenvalue weighted by molar-refractivity contribution is 4.66. The molecule has 0 aromatic heterocycles. The minimum atomic E-state index is 0.298. The molecule has 0 amide bonds. The summed E-state index contributed by atoms with van der Waals surface area (Å²) in [6, 6.07) is 0.298. The van der Waals surface area contributed by atoms with Gasteiger partial charge in [-0.25, -0.2) is 0 Å². The fourth-order valence-corrected chi connectivity index (χ4v) is 3.32. The van der Waals surface area contributed by atoms with Crippen LogP contribution in [0.1, 0.15) is 105 Å². The highest BCUT2D eigenvalue weighted by Gasteiger charge is 2.16. The fraction of sp³-hybridized carbons (Fsp3) is 1.00. The van der Waals surface area contributed by atoms with Gasteiger partial charge in [-0.05, 0) is 11.8 Å². The van der Waals surface area contributed by atoms with Crippen LogP contribution in [0.25, 0.3) is 0 Å². The molecule has 0 spiro atoms. The first-order chi connectivity index (χ1) is 10.1. The van der Waals surface area contributed by atoms with Crippen LogP contribution in [0.15, 0.2) is 0 Å². The Labute approximate surface area is 134 Å². The van der Waals surface area contributed by atoms with E-state index in [9.17, 15) is 5.21 Å². The van der Waals surface area contributed by atoms with E-state index in [1.54, 1.807) is 0 Å². The Morgan fingerprint density at radius 1 is 0.714 bits per heavy atom. The second kappa shape index (κ2) is 14.8. The molecule has 0 saturated heterocycles. The average Bonchev–Trinajstić information content (AvgIpc) is 2.47. The van der Waals surface area contributed by atoms with Gasteiger partial charge in [-0.3, -0.25) is 0 Å². The number of rotatable bonds is 15. The van der Waals surface area contributed by atoms with E-state index in [1.165, 1.54) is 69.7 Å². The van der Waals surface area contributed by atoms with E-state index in [1.807, 2.05) is 0 Å². The Balaban J connectivity index is 3.76. The second-order valence-corrected chi connectivity index (χ2v) is 7.28. The number of nitrogens with two attached hydrogens (primary N) is 1. The molecule has 0 aliphatic heterocycles. The van der Waals surface area contributed by atoms with Gasteiger partial charge in [0.15, 0.2) is 0 Å². The van der Waals surface area contributed by atoms with Crippen molar-refractivity contribution in [3.05, 3.63) is 5.21 Å². The van der Waals surface area contributed by atoms with Gasteiger partial charge in [-0.15, -0.1) is 0 Å². The summed E-state index contributed by atoms with van der Waals surface area (Å²) in [5.41, 5.74) is 1.23. The maximum Gasteiger partial charge on any atom is 0.0861 e. The van der Waals surface area contributed by atoms with E-state index in [4.69, 9.17) is 0 Å². The first kappa shape index (κ1) is 20.9. The smallest absolute Gasteiger partial charge is 0.0861 e. The Bertz CT molecular complexity index is 188. The zero-order valence-electron chi connectivity index (χ0n) is 15.2. The molecule has 2 atom stereocenters. The van der Waals surface area contributed by atoms with Crippen molar-refractivity contribution in [2.45, 2.75) is 111 Å². The van der Waals surface area contributed by atoms with E-state index in [2.05, 4.69) is 27.7 Å². The van der Waals surface area contributed by atoms with Crippen LogP contribution in [0.5, 0.6) is 0 Å². The lowest BCUT2D eigenvalue weighted by Crippen LogP contribution is -2.84. The molecular weight excluding hydrogens is 258 g/mol. The summed E-state index contributed by atoms with van der Waals surface area (Å²) >= 11 is 0. The van der Waals surface area contributed by atoms with E-state index in [-0.39, 0.29) is 0 Å². The maximum absolute atomic E-state index is 11.3. The zero-order valence-corrected chi connectivity index (χ0v) is 15.2. The molecule has 2 heteroatoms. The zero-order chi connectivity index (χ0) is 15.9. The Morgan fingerprint density at radius 3 is 1.48 bits per heavy atom. The summed E-state index contributed by atoms with van der Waals surface area (Å²) < 4.78 is 0. The Hall–Kier alpha value is -0.0800. The van der Waals surface area contributed by atoms with Gasteiger partial charge >= 0.3 is 0 Å². The van der Waals surface area contributed by atoms with E-state index < -0.39 is 0 Å². The summed E-state index contributed by atoms with van der Waals surface area (Å²) in [5.74, 6) is 1.42. The highest BCUT2D eigenvalue weighted by atomic mass is 16.5. The van der Waals surface area contributed by atoms with Crippen LogP contribution in [0.4, 0.5) is 0 Å². The third kappa shape index (κ3) is 13.3.